The summed E-state index contributed by atoms with van der Waals surface area (Å²) in [6.07, 6.45) is 1.68. The van der Waals surface area contributed by atoms with Gasteiger partial charge in [0.15, 0.2) is 31.3 Å². The van der Waals surface area contributed by atoms with Gasteiger partial charge < -0.3 is 19.8 Å². The second-order valence-corrected chi connectivity index (χ2v) is 9.21. The van der Waals surface area contributed by atoms with Crippen molar-refractivity contribution in [2.24, 2.45) is 0 Å². The molecule has 2 aromatic rings. The number of ketones is 1. The van der Waals surface area contributed by atoms with Crippen molar-refractivity contribution in [3.05, 3.63) is 30.5 Å². The maximum atomic E-state index is 14.4. The molecule has 11 heteroatoms. The van der Waals surface area contributed by atoms with Crippen molar-refractivity contribution < 1.29 is 23.2 Å². The van der Waals surface area contributed by atoms with E-state index >= 15 is 0 Å². The molecule has 1 aliphatic rings. The van der Waals surface area contributed by atoms with E-state index in [2.05, 4.69) is 15.1 Å². The van der Waals surface area contributed by atoms with Crippen molar-refractivity contribution in [1.82, 2.24) is 19.6 Å². The van der Waals surface area contributed by atoms with E-state index in [9.17, 15) is 13.8 Å². The SMILES string of the molecule is CC(=O)[C@H](C)NP(C)(=O)CO[C@@H]1C=C(F)[C@H](n2cnc3c(N)ccnc32)O1. The van der Waals surface area contributed by atoms with Gasteiger partial charge in [-0.25, -0.2) is 14.4 Å². The van der Waals surface area contributed by atoms with Crippen molar-refractivity contribution in [2.75, 3.05) is 18.7 Å². The number of aromatic nitrogens is 3. The normalized spacial score (nSPS) is 23.2. The molecule has 3 heterocycles. The summed E-state index contributed by atoms with van der Waals surface area (Å²) in [5.41, 5.74) is 7.08. The van der Waals surface area contributed by atoms with Crippen LogP contribution in [-0.4, -0.2) is 45.7 Å². The van der Waals surface area contributed by atoms with Crippen molar-refractivity contribution in [3.63, 3.8) is 0 Å². The molecule has 0 spiro atoms. The number of nitrogen functional groups attached to an aromatic ring is 1. The van der Waals surface area contributed by atoms with Gasteiger partial charge in [0, 0.05) is 18.9 Å². The molecule has 9 nitrogen and oxygen atoms in total. The topological polar surface area (TPSA) is 121 Å². The van der Waals surface area contributed by atoms with Crippen LogP contribution in [0, 0.1) is 0 Å². The van der Waals surface area contributed by atoms with Crippen molar-refractivity contribution in [3.8, 4) is 0 Å². The molecule has 0 aromatic carbocycles. The minimum Gasteiger partial charge on any atom is -0.397 e. The highest BCUT2D eigenvalue weighted by atomic mass is 31.2. The van der Waals surface area contributed by atoms with Crippen LogP contribution in [0.2, 0.25) is 0 Å². The zero-order valence-corrected chi connectivity index (χ0v) is 16.0. The Hall–Kier alpha value is -2.13. The van der Waals surface area contributed by atoms with E-state index in [1.165, 1.54) is 30.7 Å². The van der Waals surface area contributed by atoms with Gasteiger partial charge in [-0.3, -0.25) is 14.4 Å². The number of Topliss-reactive ketones (excluding diaryl/α,β-unsaturated/α-hetero) is 1. The van der Waals surface area contributed by atoms with Crippen LogP contribution in [0.1, 0.15) is 20.1 Å². The standard InChI is InChI=1S/C16H21FN5O4P/c1-9(10(2)23)21-27(3,24)8-25-13-6-11(17)16(26-13)22-7-20-14-12(18)4-5-19-15(14)22/h4-7,9,13,16H,8H2,1-3H3,(H2,18,19)(H,21,24)/t9-,13-,16+,27?/m0/s1. The lowest BCUT2D eigenvalue weighted by Gasteiger charge is -2.21. The van der Waals surface area contributed by atoms with E-state index < -0.39 is 31.7 Å². The summed E-state index contributed by atoms with van der Waals surface area (Å²) in [5, 5.41) is 2.73. The predicted molar refractivity (Wildman–Crippen MR) is 97.8 cm³/mol. The summed E-state index contributed by atoms with van der Waals surface area (Å²) >= 11 is 0. The number of anilines is 1. The highest BCUT2D eigenvalue weighted by Gasteiger charge is 2.32. The Morgan fingerprint density at radius 1 is 1.56 bits per heavy atom. The molecule has 146 valence electrons. The molecule has 0 aliphatic carbocycles. The zero-order valence-electron chi connectivity index (χ0n) is 15.1. The Morgan fingerprint density at radius 2 is 2.30 bits per heavy atom. The number of imidazole rings is 1. The Kier molecular flexibility index (Phi) is 5.43. The number of fused-ring (bicyclic) bond motifs is 1. The number of nitrogens with zero attached hydrogens (tertiary/aromatic N) is 3. The van der Waals surface area contributed by atoms with Gasteiger partial charge in [0.25, 0.3) is 0 Å². The molecule has 0 saturated carbocycles. The van der Waals surface area contributed by atoms with Crippen LogP contribution < -0.4 is 10.8 Å². The van der Waals surface area contributed by atoms with Crippen LogP contribution in [0.5, 0.6) is 0 Å². The Labute approximate surface area is 155 Å². The summed E-state index contributed by atoms with van der Waals surface area (Å²) in [7, 11) is -2.97. The van der Waals surface area contributed by atoms with Gasteiger partial charge in [-0.1, -0.05) is 0 Å². The fraction of sp³-hybridized carbons (Fsp3) is 0.438. The van der Waals surface area contributed by atoms with Gasteiger partial charge in [0.05, 0.1) is 18.1 Å². The van der Waals surface area contributed by atoms with E-state index in [0.717, 1.165) is 6.08 Å². The first-order valence-corrected chi connectivity index (χ1v) is 10.6. The lowest BCUT2D eigenvalue weighted by molar-refractivity contribution is -0.128. The first-order chi connectivity index (χ1) is 12.7. The molecule has 3 rings (SSSR count). The number of ether oxygens (including phenoxy) is 2. The van der Waals surface area contributed by atoms with E-state index in [1.54, 1.807) is 13.0 Å². The summed E-state index contributed by atoms with van der Waals surface area (Å²) < 4.78 is 39.3. The Bertz CT molecular complexity index is 946. The first-order valence-electron chi connectivity index (χ1n) is 8.24. The molecule has 2 aromatic heterocycles. The van der Waals surface area contributed by atoms with Crippen LogP contribution in [0.25, 0.3) is 11.2 Å². The van der Waals surface area contributed by atoms with Gasteiger partial charge in [0.2, 0.25) is 0 Å². The highest BCUT2D eigenvalue weighted by molar-refractivity contribution is 7.60. The number of halogens is 1. The summed E-state index contributed by atoms with van der Waals surface area (Å²) in [6, 6.07) is 1.03. The quantitative estimate of drug-likeness (QED) is 0.682. The number of hydrogen-bond donors (Lipinski definition) is 2. The van der Waals surface area contributed by atoms with Crippen LogP contribution >= 0.6 is 7.29 Å². The monoisotopic (exact) mass is 397 g/mol. The largest absolute Gasteiger partial charge is 0.397 e. The maximum absolute atomic E-state index is 14.4. The predicted octanol–water partition coefficient (Wildman–Crippen LogP) is 2.17. The molecular formula is C16H21FN5O4P. The molecule has 27 heavy (non-hydrogen) atoms. The molecule has 0 radical (unpaired) electrons. The third-order valence-electron chi connectivity index (χ3n) is 4.10. The van der Waals surface area contributed by atoms with Gasteiger partial charge in [-0.2, -0.15) is 0 Å². The summed E-state index contributed by atoms with van der Waals surface area (Å²) in [5.74, 6) is -0.724. The number of pyridine rings is 1. The third-order valence-corrected chi connectivity index (χ3v) is 5.68. The number of rotatable bonds is 7. The maximum Gasteiger partial charge on any atom is 0.192 e. The smallest absolute Gasteiger partial charge is 0.192 e. The molecular weight excluding hydrogens is 376 g/mol. The van der Waals surface area contributed by atoms with E-state index in [4.69, 9.17) is 15.2 Å². The Balaban J connectivity index is 1.67. The fourth-order valence-corrected chi connectivity index (χ4v) is 4.11. The molecule has 0 amide bonds. The van der Waals surface area contributed by atoms with E-state index in [0.29, 0.717) is 16.9 Å². The van der Waals surface area contributed by atoms with Crippen molar-refractivity contribution in [2.45, 2.75) is 32.4 Å². The zero-order chi connectivity index (χ0) is 19.8. The molecule has 1 aliphatic heterocycles. The minimum atomic E-state index is -2.97. The number of hydrogen-bond acceptors (Lipinski definition) is 7. The second-order valence-electron chi connectivity index (χ2n) is 6.49. The van der Waals surface area contributed by atoms with Crippen LogP contribution in [-0.2, 0) is 18.8 Å². The molecule has 4 atom stereocenters. The average Bonchev–Trinajstić information content (AvgIpc) is 3.16. The third kappa shape index (κ3) is 4.24. The number of nitrogens with two attached hydrogens (primary N) is 1. The fourth-order valence-electron chi connectivity index (χ4n) is 2.61. The van der Waals surface area contributed by atoms with Crippen LogP contribution in [0.4, 0.5) is 10.1 Å². The molecule has 3 N–H and O–H groups in total. The minimum absolute atomic E-state index is 0.140. The molecule has 0 saturated heterocycles. The molecule has 1 unspecified atom stereocenters. The van der Waals surface area contributed by atoms with Gasteiger partial charge in [0.1, 0.15) is 17.6 Å². The van der Waals surface area contributed by atoms with Crippen molar-refractivity contribution in [1.29, 1.82) is 0 Å². The van der Waals surface area contributed by atoms with Gasteiger partial charge in [-0.05, 0) is 19.9 Å². The van der Waals surface area contributed by atoms with E-state index in [-0.39, 0.29) is 12.1 Å². The van der Waals surface area contributed by atoms with Crippen molar-refractivity contribution >= 4 is 29.9 Å². The Morgan fingerprint density at radius 3 is 3.00 bits per heavy atom. The van der Waals surface area contributed by atoms with Crippen LogP contribution in [0.3, 0.4) is 0 Å². The highest BCUT2D eigenvalue weighted by Crippen LogP contribution is 2.39. The lowest BCUT2D eigenvalue weighted by atomic mass is 10.3. The molecule has 0 fully saturated rings. The average molecular weight is 397 g/mol. The molecule has 0 bridgehead atoms. The van der Waals surface area contributed by atoms with Gasteiger partial charge in [-0.15, -0.1) is 0 Å². The number of carbonyl (C=O) groups is 1. The van der Waals surface area contributed by atoms with Gasteiger partial charge >= 0.3 is 0 Å². The number of carbonyl (C=O) groups excluding carboxylic acids is 1. The second kappa shape index (κ2) is 7.47. The van der Waals surface area contributed by atoms with E-state index in [1.807, 2.05) is 0 Å². The number of nitrogens with one attached hydrogen (secondary N) is 1. The summed E-state index contributed by atoms with van der Waals surface area (Å²) in [4.78, 5) is 19.6. The summed E-state index contributed by atoms with van der Waals surface area (Å²) in [6.45, 7) is 4.47. The first kappa shape index (κ1) is 19.6. The lowest BCUT2D eigenvalue weighted by Crippen LogP contribution is -2.31. The van der Waals surface area contributed by atoms with Crippen LogP contribution in [0.15, 0.2) is 30.5 Å².